The second-order valence-corrected chi connectivity index (χ2v) is 5.09. The van der Waals surface area contributed by atoms with Crippen LogP contribution in [0.25, 0.3) is 11.1 Å². The molecule has 3 rings (SSSR count). The number of methoxy groups -OCH3 is 1. The molecule has 0 bridgehead atoms. The van der Waals surface area contributed by atoms with Gasteiger partial charge in [-0.05, 0) is 49.1 Å². The lowest BCUT2D eigenvalue weighted by molar-refractivity contribution is 0.414. The summed E-state index contributed by atoms with van der Waals surface area (Å²) in [6.45, 7) is 2.90. The van der Waals surface area contributed by atoms with Crippen LogP contribution in [0.3, 0.4) is 0 Å². The van der Waals surface area contributed by atoms with Gasteiger partial charge in [0.15, 0.2) is 0 Å². The number of hydrogen-bond acceptors (Lipinski definition) is 3. The Bertz CT molecular complexity index is 570. The van der Waals surface area contributed by atoms with Crippen LogP contribution < -0.4 is 10.1 Å². The van der Waals surface area contributed by atoms with Gasteiger partial charge in [0.1, 0.15) is 11.5 Å². The van der Waals surface area contributed by atoms with Crippen LogP contribution in [0.2, 0.25) is 0 Å². The van der Waals surface area contributed by atoms with E-state index in [9.17, 15) is 0 Å². The fraction of sp³-hybridized carbons (Fsp3) is 0.375. The molecule has 1 aromatic carbocycles. The molecule has 0 aliphatic heterocycles. The highest BCUT2D eigenvalue weighted by Crippen LogP contribution is 2.31. The van der Waals surface area contributed by atoms with E-state index in [4.69, 9.17) is 9.15 Å². The van der Waals surface area contributed by atoms with E-state index in [1.165, 1.54) is 29.5 Å². The molecule has 2 aromatic rings. The Morgan fingerprint density at radius 2 is 2.11 bits per heavy atom. The Balaban J connectivity index is 1.86. The fourth-order valence-electron chi connectivity index (χ4n) is 2.31. The van der Waals surface area contributed by atoms with Crippen molar-refractivity contribution in [2.45, 2.75) is 32.4 Å². The number of hydrogen-bond donors (Lipinski definition) is 1. The van der Waals surface area contributed by atoms with E-state index < -0.39 is 0 Å². The molecule has 1 heterocycles. The topological polar surface area (TPSA) is 34.4 Å². The molecule has 0 radical (unpaired) electrons. The normalized spacial score (nSPS) is 14.6. The number of ether oxygens (including phenoxy) is 1. The molecule has 19 heavy (non-hydrogen) atoms. The third kappa shape index (κ3) is 2.66. The summed E-state index contributed by atoms with van der Waals surface area (Å²) in [6, 6.07) is 8.88. The van der Waals surface area contributed by atoms with Crippen LogP contribution in [0.5, 0.6) is 5.75 Å². The van der Waals surface area contributed by atoms with Crippen LogP contribution in [0.4, 0.5) is 0 Å². The van der Waals surface area contributed by atoms with Crippen molar-refractivity contribution in [3.8, 4) is 16.9 Å². The van der Waals surface area contributed by atoms with Crippen molar-refractivity contribution in [2.75, 3.05) is 7.11 Å². The first-order valence-electron chi connectivity index (χ1n) is 6.72. The summed E-state index contributed by atoms with van der Waals surface area (Å²) in [5.74, 6) is 1.91. The summed E-state index contributed by atoms with van der Waals surface area (Å²) in [5.41, 5.74) is 3.59. The summed E-state index contributed by atoms with van der Waals surface area (Å²) in [4.78, 5) is 0. The number of aryl methyl sites for hydroxylation is 1. The predicted octanol–water partition coefficient (Wildman–Crippen LogP) is 3.52. The van der Waals surface area contributed by atoms with Crippen molar-refractivity contribution >= 4 is 0 Å². The van der Waals surface area contributed by atoms with Crippen LogP contribution in [-0.2, 0) is 6.54 Å². The molecule has 0 unspecified atom stereocenters. The highest BCUT2D eigenvalue weighted by atomic mass is 16.5. The van der Waals surface area contributed by atoms with Gasteiger partial charge in [0.2, 0.25) is 0 Å². The largest absolute Gasteiger partial charge is 0.497 e. The first-order valence-corrected chi connectivity index (χ1v) is 6.72. The quantitative estimate of drug-likeness (QED) is 0.890. The molecule has 1 N–H and O–H groups in total. The second-order valence-electron chi connectivity index (χ2n) is 5.09. The zero-order valence-corrected chi connectivity index (χ0v) is 11.4. The zero-order valence-electron chi connectivity index (χ0n) is 11.4. The highest BCUT2D eigenvalue weighted by Gasteiger charge is 2.21. The average Bonchev–Trinajstić information content (AvgIpc) is 3.14. The summed E-state index contributed by atoms with van der Waals surface area (Å²) < 4.78 is 10.9. The Hall–Kier alpha value is -1.74. The summed E-state index contributed by atoms with van der Waals surface area (Å²) in [7, 11) is 1.69. The Labute approximate surface area is 113 Å². The van der Waals surface area contributed by atoms with Gasteiger partial charge in [-0.25, -0.2) is 0 Å². The third-order valence-electron chi connectivity index (χ3n) is 3.60. The van der Waals surface area contributed by atoms with Gasteiger partial charge in [-0.15, -0.1) is 0 Å². The van der Waals surface area contributed by atoms with Gasteiger partial charge in [-0.3, -0.25) is 0 Å². The Morgan fingerprint density at radius 3 is 2.79 bits per heavy atom. The molecule has 0 spiro atoms. The molecule has 0 atom stereocenters. The number of nitrogens with one attached hydrogen (secondary N) is 1. The number of rotatable bonds is 5. The zero-order chi connectivity index (χ0) is 13.2. The van der Waals surface area contributed by atoms with Gasteiger partial charge in [-0.1, -0.05) is 6.07 Å². The minimum Gasteiger partial charge on any atom is -0.497 e. The van der Waals surface area contributed by atoms with E-state index in [-0.39, 0.29) is 0 Å². The highest BCUT2D eigenvalue weighted by molar-refractivity contribution is 5.69. The predicted molar refractivity (Wildman–Crippen MR) is 75.3 cm³/mol. The summed E-state index contributed by atoms with van der Waals surface area (Å²) in [5, 5.41) is 3.49. The van der Waals surface area contributed by atoms with Gasteiger partial charge in [0.25, 0.3) is 0 Å². The maximum atomic E-state index is 5.62. The molecule has 1 aliphatic carbocycles. The Kier molecular flexibility index (Phi) is 3.30. The standard InChI is InChI=1S/C16H19NO2/c1-11-9-13(18-2)5-6-14(11)15-7-8-19-16(15)10-17-12-3-4-12/h5-9,12,17H,3-4,10H2,1-2H3. The monoisotopic (exact) mass is 257 g/mol. The van der Waals surface area contributed by atoms with Crippen LogP contribution in [0.15, 0.2) is 34.9 Å². The minimum absolute atomic E-state index is 0.690. The SMILES string of the molecule is COc1ccc(-c2ccoc2CNC2CC2)c(C)c1. The van der Waals surface area contributed by atoms with Gasteiger partial charge < -0.3 is 14.5 Å². The summed E-state index contributed by atoms with van der Waals surface area (Å²) in [6.07, 6.45) is 4.35. The van der Waals surface area contributed by atoms with Gasteiger partial charge in [-0.2, -0.15) is 0 Å². The molecule has 1 aliphatic rings. The molecule has 0 amide bonds. The smallest absolute Gasteiger partial charge is 0.125 e. The van der Waals surface area contributed by atoms with Crippen molar-refractivity contribution in [3.05, 3.63) is 41.9 Å². The van der Waals surface area contributed by atoms with E-state index in [1.807, 2.05) is 12.1 Å². The molecule has 3 heteroatoms. The minimum atomic E-state index is 0.690. The van der Waals surface area contributed by atoms with Gasteiger partial charge >= 0.3 is 0 Å². The first-order chi connectivity index (χ1) is 9.28. The third-order valence-corrected chi connectivity index (χ3v) is 3.60. The van der Waals surface area contributed by atoms with Crippen molar-refractivity contribution in [2.24, 2.45) is 0 Å². The van der Waals surface area contributed by atoms with E-state index >= 15 is 0 Å². The molecular formula is C16H19NO2. The molecule has 1 saturated carbocycles. The van der Waals surface area contributed by atoms with Crippen LogP contribution in [-0.4, -0.2) is 13.2 Å². The number of furan rings is 1. The fourth-order valence-corrected chi connectivity index (χ4v) is 2.31. The average molecular weight is 257 g/mol. The van der Waals surface area contributed by atoms with E-state index in [0.717, 1.165) is 18.1 Å². The molecule has 1 fully saturated rings. The molecule has 3 nitrogen and oxygen atoms in total. The first kappa shape index (κ1) is 12.3. The lowest BCUT2D eigenvalue weighted by Gasteiger charge is -2.09. The van der Waals surface area contributed by atoms with Gasteiger partial charge in [0, 0.05) is 11.6 Å². The number of benzene rings is 1. The molecule has 0 saturated heterocycles. The van der Waals surface area contributed by atoms with E-state index in [0.29, 0.717) is 6.04 Å². The maximum Gasteiger partial charge on any atom is 0.125 e. The van der Waals surface area contributed by atoms with Crippen molar-refractivity contribution in [1.82, 2.24) is 5.32 Å². The van der Waals surface area contributed by atoms with Crippen LogP contribution in [0.1, 0.15) is 24.2 Å². The van der Waals surface area contributed by atoms with Crippen LogP contribution in [0, 0.1) is 6.92 Å². The lowest BCUT2D eigenvalue weighted by Crippen LogP contribution is -2.15. The van der Waals surface area contributed by atoms with Crippen molar-refractivity contribution in [3.63, 3.8) is 0 Å². The van der Waals surface area contributed by atoms with E-state index in [2.05, 4.69) is 24.4 Å². The lowest BCUT2D eigenvalue weighted by atomic mass is 10.0. The molecular weight excluding hydrogens is 238 g/mol. The summed E-state index contributed by atoms with van der Waals surface area (Å²) >= 11 is 0. The molecule has 100 valence electrons. The van der Waals surface area contributed by atoms with Crippen molar-refractivity contribution < 1.29 is 9.15 Å². The van der Waals surface area contributed by atoms with Gasteiger partial charge in [0.05, 0.1) is 19.9 Å². The van der Waals surface area contributed by atoms with E-state index in [1.54, 1.807) is 13.4 Å². The Morgan fingerprint density at radius 1 is 1.26 bits per heavy atom. The second kappa shape index (κ2) is 5.10. The molecule has 1 aromatic heterocycles. The van der Waals surface area contributed by atoms with Crippen LogP contribution >= 0.6 is 0 Å². The maximum absolute atomic E-state index is 5.62. The van der Waals surface area contributed by atoms with Crippen molar-refractivity contribution in [1.29, 1.82) is 0 Å².